The maximum Gasteiger partial charge on any atom is 0.260 e. The average molecular weight is 354 g/mol. The molecular weight excluding hydrogens is 332 g/mol. The van der Waals surface area contributed by atoms with Crippen molar-refractivity contribution < 1.29 is 22.7 Å². The number of carbonyl (C=O) groups is 1. The molecule has 1 amide bonds. The van der Waals surface area contributed by atoms with Crippen LogP contribution in [-0.4, -0.2) is 68.7 Å². The van der Waals surface area contributed by atoms with Gasteiger partial charge in [0.25, 0.3) is 5.91 Å². The van der Waals surface area contributed by atoms with E-state index in [0.717, 1.165) is 12.8 Å². The third kappa shape index (κ3) is 3.64. The summed E-state index contributed by atoms with van der Waals surface area (Å²) in [7, 11) is -1.61. The van der Waals surface area contributed by atoms with Gasteiger partial charge in [0.2, 0.25) is 10.0 Å². The highest BCUT2D eigenvalue weighted by atomic mass is 32.2. The van der Waals surface area contributed by atoms with E-state index in [1.165, 1.54) is 4.31 Å². The minimum Gasteiger partial charge on any atom is -0.493 e. The number of benzene rings is 1. The highest BCUT2D eigenvalue weighted by Crippen LogP contribution is 2.31. The number of amides is 1. The van der Waals surface area contributed by atoms with Gasteiger partial charge in [-0.25, -0.2) is 8.42 Å². The summed E-state index contributed by atoms with van der Waals surface area (Å²) in [4.78, 5) is 13.9. The predicted octanol–water partition coefficient (Wildman–Crippen LogP) is 0.710. The highest BCUT2D eigenvalue weighted by molar-refractivity contribution is 7.90. The zero-order valence-corrected chi connectivity index (χ0v) is 14.5. The van der Waals surface area contributed by atoms with E-state index < -0.39 is 10.0 Å². The second-order valence-electron chi connectivity index (χ2n) is 5.96. The van der Waals surface area contributed by atoms with Crippen LogP contribution >= 0.6 is 0 Å². The third-order valence-electron chi connectivity index (χ3n) is 4.32. The van der Waals surface area contributed by atoms with Gasteiger partial charge in [-0.2, -0.15) is 4.31 Å². The number of nitrogens with zero attached hydrogens (tertiary/aromatic N) is 2. The van der Waals surface area contributed by atoms with Crippen LogP contribution in [0.3, 0.4) is 0 Å². The number of piperazine rings is 1. The monoisotopic (exact) mass is 354 g/mol. The first-order valence-corrected chi connectivity index (χ1v) is 9.55. The van der Waals surface area contributed by atoms with Gasteiger partial charge in [-0.1, -0.05) is 12.1 Å². The molecule has 0 atom stereocenters. The number of methoxy groups -OCH3 is 1. The van der Waals surface area contributed by atoms with Gasteiger partial charge in [-0.15, -0.1) is 0 Å². The van der Waals surface area contributed by atoms with E-state index >= 15 is 0 Å². The van der Waals surface area contributed by atoms with E-state index in [2.05, 4.69) is 0 Å². The number of hydrogen-bond acceptors (Lipinski definition) is 5. The minimum atomic E-state index is -3.15. The molecule has 1 aliphatic carbocycles. The van der Waals surface area contributed by atoms with Gasteiger partial charge in [-0.05, 0) is 25.0 Å². The molecule has 0 spiro atoms. The van der Waals surface area contributed by atoms with E-state index in [1.54, 1.807) is 24.1 Å². The summed E-state index contributed by atoms with van der Waals surface area (Å²) >= 11 is 0. The molecule has 132 valence electrons. The first-order chi connectivity index (χ1) is 11.5. The van der Waals surface area contributed by atoms with Gasteiger partial charge in [0.1, 0.15) is 0 Å². The van der Waals surface area contributed by atoms with E-state index in [4.69, 9.17) is 9.47 Å². The smallest absolute Gasteiger partial charge is 0.260 e. The second kappa shape index (κ2) is 6.98. The van der Waals surface area contributed by atoms with Crippen molar-refractivity contribution in [2.45, 2.75) is 18.1 Å². The Labute approximate surface area is 142 Å². The summed E-state index contributed by atoms with van der Waals surface area (Å²) in [5.74, 6) is 0.943. The molecule has 7 nitrogen and oxygen atoms in total. The zero-order valence-electron chi connectivity index (χ0n) is 13.7. The number of rotatable bonds is 6. The van der Waals surface area contributed by atoms with Crippen LogP contribution in [-0.2, 0) is 14.8 Å². The lowest BCUT2D eigenvalue weighted by Crippen LogP contribution is -2.52. The molecule has 2 fully saturated rings. The molecule has 1 aromatic carbocycles. The molecule has 1 saturated heterocycles. The summed E-state index contributed by atoms with van der Waals surface area (Å²) in [5.41, 5.74) is 0. The van der Waals surface area contributed by atoms with Crippen LogP contribution in [0, 0.1) is 0 Å². The maximum absolute atomic E-state index is 12.3. The Hall–Kier alpha value is -1.80. The molecule has 1 aliphatic heterocycles. The van der Waals surface area contributed by atoms with E-state index in [1.807, 2.05) is 12.1 Å². The lowest BCUT2D eigenvalue weighted by atomic mass is 10.3. The molecular formula is C16H22N2O5S. The molecule has 0 unspecified atom stereocenters. The van der Waals surface area contributed by atoms with Crippen LogP contribution in [0.2, 0.25) is 0 Å². The normalized spacial score (nSPS) is 19.1. The Bertz CT molecular complexity index is 694. The van der Waals surface area contributed by atoms with Crippen molar-refractivity contribution in [2.24, 2.45) is 0 Å². The molecule has 0 bridgehead atoms. The fourth-order valence-electron chi connectivity index (χ4n) is 2.74. The molecule has 1 heterocycles. The summed E-state index contributed by atoms with van der Waals surface area (Å²) < 4.78 is 36.6. The molecule has 8 heteroatoms. The van der Waals surface area contributed by atoms with Gasteiger partial charge in [0, 0.05) is 26.2 Å². The Balaban J connectivity index is 1.50. The minimum absolute atomic E-state index is 0.0876. The van der Waals surface area contributed by atoms with Crippen LogP contribution < -0.4 is 9.47 Å². The molecule has 0 radical (unpaired) electrons. The number of hydrogen-bond donors (Lipinski definition) is 0. The van der Waals surface area contributed by atoms with Gasteiger partial charge in [-0.3, -0.25) is 4.79 Å². The van der Waals surface area contributed by atoms with E-state index in [9.17, 15) is 13.2 Å². The molecule has 1 saturated carbocycles. The SMILES string of the molecule is COc1ccccc1OCC(=O)N1CCN(S(=O)(=O)C2CC2)CC1. The number of para-hydroxylation sites is 2. The van der Waals surface area contributed by atoms with E-state index in [-0.39, 0.29) is 17.8 Å². The molecule has 2 aliphatic rings. The van der Waals surface area contributed by atoms with Crippen molar-refractivity contribution in [1.29, 1.82) is 0 Å². The predicted molar refractivity (Wildman–Crippen MR) is 88.6 cm³/mol. The van der Waals surface area contributed by atoms with Crippen LogP contribution in [0.4, 0.5) is 0 Å². The molecule has 0 N–H and O–H groups in total. The summed E-state index contributed by atoms with van der Waals surface area (Å²) in [5, 5.41) is -0.200. The Morgan fingerprint density at radius 3 is 2.33 bits per heavy atom. The fraction of sp³-hybridized carbons (Fsp3) is 0.562. The van der Waals surface area contributed by atoms with Crippen LogP contribution in [0.1, 0.15) is 12.8 Å². The van der Waals surface area contributed by atoms with Crippen molar-refractivity contribution in [3.8, 4) is 11.5 Å². The van der Waals surface area contributed by atoms with Gasteiger partial charge in [0.05, 0.1) is 12.4 Å². The maximum atomic E-state index is 12.3. The van der Waals surface area contributed by atoms with Crippen molar-refractivity contribution in [3.05, 3.63) is 24.3 Å². The number of sulfonamides is 1. The topological polar surface area (TPSA) is 76.2 Å². The lowest BCUT2D eigenvalue weighted by molar-refractivity contribution is -0.134. The second-order valence-corrected chi connectivity index (χ2v) is 8.18. The average Bonchev–Trinajstić information content (AvgIpc) is 3.45. The summed E-state index contributed by atoms with van der Waals surface area (Å²) in [6.07, 6.45) is 1.52. The largest absolute Gasteiger partial charge is 0.493 e. The van der Waals surface area contributed by atoms with E-state index in [0.29, 0.717) is 37.7 Å². The van der Waals surface area contributed by atoms with Crippen molar-refractivity contribution in [2.75, 3.05) is 39.9 Å². The van der Waals surface area contributed by atoms with Gasteiger partial charge >= 0.3 is 0 Å². The number of ether oxygens (including phenoxy) is 2. The fourth-order valence-corrected chi connectivity index (χ4v) is 4.56. The van der Waals surface area contributed by atoms with Crippen LogP contribution in [0.5, 0.6) is 11.5 Å². The van der Waals surface area contributed by atoms with Crippen molar-refractivity contribution >= 4 is 15.9 Å². The quantitative estimate of drug-likeness (QED) is 0.752. The van der Waals surface area contributed by atoms with Crippen LogP contribution in [0.15, 0.2) is 24.3 Å². The lowest BCUT2D eigenvalue weighted by Gasteiger charge is -2.34. The first-order valence-electron chi connectivity index (χ1n) is 8.05. The van der Waals surface area contributed by atoms with Crippen molar-refractivity contribution in [3.63, 3.8) is 0 Å². The molecule has 0 aromatic heterocycles. The Kier molecular flexibility index (Phi) is 4.96. The Morgan fingerprint density at radius 2 is 1.75 bits per heavy atom. The standard InChI is InChI=1S/C16H22N2O5S/c1-22-14-4-2-3-5-15(14)23-12-16(19)17-8-10-18(11-9-17)24(20,21)13-6-7-13/h2-5,13H,6-12H2,1H3. The zero-order chi connectivity index (χ0) is 17.2. The van der Waals surface area contributed by atoms with Crippen LogP contribution in [0.25, 0.3) is 0 Å². The molecule has 1 aromatic rings. The number of carbonyl (C=O) groups excluding carboxylic acids is 1. The van der Waals surface area contributed by atoms with Gasteiger partial charge in [0.15, 0.2) is 18.1 Å². The third-order valence-corrected chi connectivity index (χ3v) is 6.72. The Morgan fingerprint density at radius 1 is 1.12 bits per heavy atom. The van der Waals surface area contributed by atoms with Crippen molar-refractivity contribution in [1.82, 2.24) is 9.21 Å². The summed E-state index contributed by atoms with van der Waals surface area (Å²) in [6.45, 7) is 1.44. The molecule has 24 heavy (non-hydrogen) atoms. The van der Waals surface area contributed by atoms with Gasteiger partial charge < -0.3 is 14.4 Å². The first kappa shape index (κ1) is 17.0. The summed E-state index contributed by atoms with van der Waals surface area (Å²) in [6, 6.07) is 7.14. The highest BCUT2D eigenvalue weighted by Gasteiger charge is 2.41. The molecule has 3 rings (SSSR count).